The number of ketones is 1. The van der Waals surface area contributed by atoms with Gasteiger partial charge in [-0.25, -0.2) is 4.79 Å². The van der Waals surface area contributed by atoms with E-state index in [-0.39, 0.29) is 11.8 Å². The van der Waals surface area contributed by atoms with Crippen LogP contribution in [0.2, 0.25) is 0 Å². The molecule has 0 aromatic carbocycles. The van der Waals surface area contributed by atoms with Gasteiger partial charge in [-0.05, 0) is 26.2 Å². The molecule has 0 N–H and O–H groups in total. The van der Waals surface area contributed by atoms with Gasteiger partial charge in [0.05, 0.1) is 6.04 Å². The Bertz CT molecular complexity index is 338. The van der Waals surface area contributed by atoms with Crippen LogP contribution in [-0.2, 0) is 4.79 Å². The average molecular weight is 238 g/mol. The summed E-state index contributed by atoms with van der Waals surface area (Å²) in [5, 5.41) is 0. The normalized spacial score (nSPS) is 25.1. The second-order valence-electron chi connectivity index (χ2n) is 5.95. The van der Waals surface area contributed by atoms with E-state index in [0.717, 1.165) is 25.9 Å². The molecule has 0 aliphatic carbocycles. The molecular weight excluding hydrogens is 216 g/mol. The monoisotopic (exact) mass is 238 g/mol. The van der Waals surface area contributed by atoms with Crippen molar-refractivity contribution in [1.29, 1.82) is 0 Å². The number of nitrogens with zero attached hydrogens (tertiary/aromatic N) is 2. The Balaban J connectivity index is 2.04. The second kappa shape index (κ2) is 4.31. The SMILES string of the molecule is CC(=O)C(C)(C)CN1C[C@@H]2CCCCN2C1=O. The van der Waals surface area contributed by atoms with E-state index < -0.39 is 5.41 Å². The fourth-order valence-electron chi connectivity index (χ4n) is 2.68. The Morgan fingerprint density at radius 3 is 2.71 bits per heavy atom. The van der Waals surface area contributed by atoms with Gasteiger partial charge < -0.3 is 9.80 Å². The van der Waals surface area contributed by atoms with E-state index in [1.807, 2.05) is 23.6 Å². The molecule has 2 saturated heterocycles. The summed E-state index contributed by atoms with van der Waals surface area (Å²) in [5.74, 6) is 0.148. The molecule has 2 amide bonds. The van der Waals surface area contributed by atoms with E-state index in [4.69, 9.17) is 0 Å². The van der Waals surface area contributed by atoms with E-state index in [9.17, 15) is 9.59 Å². The van der Waals surface area contributed by atoms with Crippen molar-refractivity contribution in [3.8, 4) is 0 Å². The first kappa shape index (κ1) is 12.4. The van der Waals surface area contributed by atoms with E-state index in [2.05, 4.69) is 0 Å². The molecule has 0 spiro atoms. The van der Waals surface area contributed by atoms with Crippen molar-refractivity contribution >= 4 is 11.8 Å². The van der Waals surface area contributed by atoms with Crippen LogP contribution in [0.15, 0.2) is 0 Å². The summed E-state index contributed by atoms with van der Waals surface area (Å²) in [5.41, 5.74) is -0.426. The lowest BCUT2D eigenvalue weighted by Gasteiger charge is -2.28. The van der Waals surface area contributed by atoms with Crippen LogP contribution in [0.3, 0.4) is 0 Å². The number of carbonyl (C=O) groups is 2. The number of fused-ring (bicyclic) bond motifs is 1. The zero-order chi connectivity index (χ0) is 12.6. The molecule has 2 aliphatic heterocycles. The van der Waals surface area contributed by atoms with Crippen molar-refractivity contribution in [1.82, 2.24) is 9.80 Å². The summed E-state index contributed by atoms with van der Waals surface area (Å²) in [6.07, 6.45) is 3.45. The highest BCUT2D eigenvalue weighted by molar-refractivity contribution is 5.83. The zero-order valence-corrected chi connectivity index (χ0v) is 11.0. The molecule has 0 saturated carbocycles. The van der Waals surface area contributed by atoms with Gasteiger partial charge in [-0.2, -0.15) is 0 Å². The van der Waals surface area contributed by atoms with Crippen molar-refractivity contribution in [2.75, 3.05) is 19.6 Å². The number of piperidine rings is 1. The molecule has 4 heteroatoms. The number of amides is 2. The first-order valence-electron chi connectivity index (χ1n) is 6.48. The highest BCUT2D eigenvalue weighted by Gasteiger charge is 2.41. The Labute approximate surface area is 103 Å². The molecule has 2 aliphatic rings. The number of hydrogen-bond donors (Lipinski definition) is 0. The van der Waals surface area contributed by atoms with Crippen molar-refractivity contribution in [2.24, 2.45) is 5.41 Å². The lowest BCUT2D eigenvalue weighted by atomic mass is 9.88. The van der Waals surface area contributed by atoms with E-state index in [0.29, 0.717) is 12.6 Å². The lowest BCUT2D eigenvalue weighted by Crippen LogP contribution is -2.41. The van der Waals surface area contributed by atoms with Gasteiger partial charge in [0.25, 0.3) is 0 Å². The van der Waals surface area contributed by atoms with Crippen molar-refractivity contribution < 1.29 is 9.59 Å². The minimum atomic E-state index is -0.426. The minimum absolute atomic E-state index is 0.129. The molecule has 2 fully saturated rings. The van der Waals surface area contributed by atoms with Crippen LogP contribution in [-0.4, -0.2) is 47.3 Å². The molecule has 0 radical (unpaired) electrons. The average Bonchev–Trinajstić information content (AvgIpc) is 2.56. The van der Waals surface area contributed by atoms with E-state index in [1.54, 1.807) is 6.92 Å². The molecule has 0 aromatic heterocycles. The fourth-order valence-corrected chi connectivity index (χ4v) is 2.68. The quantitative estimate of drug-likeness (QED) is 0.753. The molecule has 0 unspecified atom stereocenters. The topological polar surface area (TPSA) is 40.6 Å². The van der Waals surface area contributed by atoms with Crippen LogP contribution in [0, 0.1) is 5.41 Å². The van der Waals surface area contributed by atoms with Gasteiger partial charge >= 0.3 is 6.03 Å². The van der Waals surface area contributed by atoms with Crippen LogP contribution in [0.1, 0.15) is 40.0 Å². The van der Waals surface area contributed by atoms with Crippen LogP contribution in [0.4, 0.5) is 4.79 Å². The fraction of sp³-hybridized carbons (Fsp3) is 0.846. The van der Waals surface area contributed by atoms with Gasteiger partial charge in [0.2, 0.25) is 0 Å². The first-order chi connectivity index (χ1) is 7.92. The van der Waals surface area contributed by atoms with Gasteiger partial charge in [-0.1, -0.05) is 13.8 Å². The predicted molar refractivity (Wildman–Crippen MR) is 65.8 cm³/mol. The Kier molecular flexibility index (Phi) is 3.15. The summed E-state index contributed by atoms with van der Waals surface area (Å²) in [4.78, 5) is 27.5. The van der Waals surface area contributed by atoms with Crippen LogP contribution in [0.5, 0.6) is 0 Å². The van der Waals surface area contributed by atoms with Gasteiger partial charge in [0.15, 0.2) is 0 Å². The summed E-state index contributed by atoms with van der Waals surface area (Å²) in [7, 11) is 0. The maximum absolute atomic E-state index is 12.2. The van der Waals surface area contributed by atoms with E-state index in [1.165, 1.54) is 6.42 Å². The lowest BCUT2D eigenvalue weighted by molar-refractivity contribution is -0.125. The number of Topliss-reactive ketones (excluding diaryl/α,β-unsaturated/α-hetero) is 1. The minimum Gasteiger partial charge on any atom is -0.322 e. The molecule has 2 rings (SSSR count). The zero-order valence-electron chi connectivity index (χ0n) is 11.0. The van der Waals surface area contributed by atoms with Crippen molar-refractivity contribution in [3.05, 3.63) is 0 Å². The molecule has 17 heavy (non-hydrogen) atoms. The smallest absolute Gasteiger partial charge is 0.320 e. The highest BCUT2D eigenvalue weighted by Crippen LogP contribution is 2.28. The number of carbonyl (C=O) groups excluding carboxylic acids is 2. The third kappa shape index (κ3) is 2.31. The molecule has 0 bridgehead atoms. The molecular formula is C13H22N2O2. The van der Waals surface area contributed by atoms with Crippen molar-refractivity contribution in [3.63, 3.8) is 0 Å². The van der Waals surface area contributed by atoms with Crippen molar-refractivity contribution in [2.45, 2.75) is 46.1 Å². The third-order valence-corrected chi connectivity index (χ3v) is 4.11. The van der Waals surface area contributed by atoms with E-state index >= 15 is 0 Å². The van der Waals surface area contributed by atoms with Gasteiger partial charge in [0.1, 0.15) is 5.78 Å². The standard InChI is InChI=1S/C13H22N2O2/c1-10(16)13(2,3)9-14-8-11-6-4-5-7-15(11)12(14)17/h11H,4-9H2,1-3H3/t11-/m0/s1. The van der Waals surface area contributed by atoms with Gasteiger partial charge in [-0.3, -0.25) is 4.79 Å². The Morgan fingerprint density at radius 1 is 1.41 bits per heavy atom. The van der Waals surface area contributed by atoms with Gasteiger partial charge in [-0.15, -0.1) is 0 Å². The van der Waals surface area contributed by atoms with Crippen LogP contribution < -0.4 is 0 Å². The number of rotatable bonds is 3. The summed E-state index contributed by atoms with van der Waals surface area (Å²) >= 11 is 0. The second-order valence-corrected chi connectivity index (χ2v) is 5.95. The predicted octanol–water partition coefficient (Wildman–Crippen LogP) is 1.89. The molecule has 2 heterocycles. The maximum atomic E-state index is 12.2. The van der Waals surface area contributed by atoms with Crippen LogP contribution in [0.25, 0.3) is 0 Å². The molecule has 96 valence electrons. The first-order valence-corrected chi connectivity index (χ1v) is 6.48. The Hall–Kier alpha value is -1.06. The third-order valence-electron chi connectivity index (χ3n) is 4.11. The summed E-state index contributed by atoms with van der Waals surface area (Å²) in [6, 6.07) is 0.517. The molecule has 4 nitrogen and oxygen atoms in total. The van der Waals surface area contributed by atoms with Gasteiger partial charge in [0, 0.05) is 25.0 Å². The summed E-state index contributed by atoms with van der Waals surface area (Å²) < 4.78 is 0. The molecule has 1 atom stereocenters. The summed E-state index contributed by atoms with van der Waals surface area (Å²) in [6.45, 7) is 7.68. The Morgan fingerprint density at radius 2 is 2.12 bits per heavy atom. The van der Waals surface area contributed by atoms with Crippen LogP contribution >= 0.6 is 0 Å². The number of urea groups is 1. The largest absolute Gasteiger partial charge is 0.322 e. The highest BCUT2D eigenvalue weighted by atomic mass is 16.2. The maximum Gasteiger partial charge on any atom is 0.320 e. The molecule has 0 aromatic rings. The number of hydrogen-bond acceptors (Lipinski definition) is 2.